The van der Waals surface area contributed by atoms with E-state index >= 15 is 0 Å². The summed E-state index contributed by atoms with van der Waals surface area (Å²) in [6, 6.07) is 19.7. The van der Waals surface area contributed by atoms with Crippen molar-refractivity contribution in [3.05, 3.63) is 102 Å². The van der Waals surface area contributed by atoms with Gasteiger partial charge < -0.3 is 10.6 Å². The van der Waals surface area contributed by atoms with Gasteiger partial charge in [-0.15, -0.1) is 0 Å². The molecule has 1 unspecified atom stereocenters. The van der Waals surface area contributed by atoms with Crippen LogP contribution in [0.1, 0.15) is 22.7 Å². The van der Waals surface area contributed by atoms with E-state index in [1.165, 1.54) is 12.1 Å². The third kappa shape index (κ3) is 3.80. The first-order chi connectivity index (χ1) is 13.7. The molecular weight excluding hydrogens is 353 g/mol. The molecule has 0 aliphatic carbocycles. The molecule has 4 rings (SSSR count). The summed E-state index contributed by atoms with van der Waals surface area (Å²) >= 11 is 0. The van der Waals surface area contributed by atoms with Crippen molar-refractivity contribution < 1.29 is 9.18 Å². The molecule has 2 N–H and O–H groups in total. The van der Waals surface area contributed by atoms with E-state index in [9.17, 15) is 9.18 Å². The molecule has 142 valence electrons. The summed E-state index contributed by atoms with van der Waals surface area (Å²) in [5.74, 6) is -0.298. The van der Waals surface area contributed by atoms with Crippen molar-refractivity contribution in [3.63, 3.8) is 0 Å². The highest BCUT2D eigenvalue weighted by Crippen LogP contribution is 2.31. The molecule has 1 aliphatic heterocycles. The summed E-state index contributed by atoms with van der Waals surface area (Å²) in [5, 5.41) is 6.45. The lowest BCUT2D eigenvalue weighted by atomic mass is 9.75. The fourth-order valence-corrected chi connectivity index (χ4v) is 3.63. The molecule has 28 heavy (non-hydrogen) atoms. The van der Waals surface area contributed by atoms with Crippen LogP contribution in [-0.4, -0.2) is 24.0 Å². The Morgan fingerprint density at radius 1 is 1.00 bits per heavy atom. The lowest BCUT2D eigenvalue weighted by Gasteiger charge is -2.42. The normalized spacial score (nSPS) is 16.0. The largest absolute Gasteiger partial charge is 0.345 e. The number of hydrogen-bond acceptors (Lipinski definition) is 3. The summed E-state index contributed by atoms with van der Waals surface area (Å²) in [4.78, 5) is 17.4. The Balaban J connectivity index is 1.60. The summed E-state index contributed by atoms with van der Waals surface area (Å²) in [6.45, 7) is 1.28. The molecule has 2 heterocycles. The molecular formula is C23H22FN3O. The highest BCUT2D eigenvalue weighted by molar-refractivity contribution is 5.85. The lowest BCUT2D eigenvalue weighted by molar-refractivity contribution is -0.134. The molecule has 1 aliphatic rings. The van der Waals surface area contributed by atoms with Crippen molar-refractivity contribution in [1.29, 1.82) is 0 Å². The number of carbonyl (C=O) groups excluding carboxylic acids is 1. The summed E-state index contributed by atoms with van der Waals surface area (Å²) < 4.78 is 13.4. The molecule has 2 aromatic carbocycles. The van der Waals surface area contributed by atoms with Crippen LogP contribution in [0.25, 0.3) is 0 Å². The first-order valence-electron chi connectivity index (χ1n) is 9.37. The van der Waals surface area contributed by atoms with E-state index in [1.54, 1.807) is 24.5 Å². The van der Waals surface area contributed by atoms with E-state index < -0.39 is 5.41 Å². The van der Waals surface area contributed by atoms with Gasteiger partial charge in [-0.05, 0) is 47.4 Å². The van der Waals surface area contributed by atoms with Gasteiger partial charge in [-0.25, -0.2) is 4.39 Å². The average Bonchev–Trinajstić information content (AvgIpc) is 2.71. The van der Waals surface area contributed by atoms with Crippen LogP contribution < -0.4 is 10.6 Å². The van der Waals surface area contributed by atoms with Crippen molar-refractivity contribution in [1.82, 2.24) is 15.6 Å². The first-order valence-corrected chi connectivity index (χ1v) is 9.37. The van der Waals surface area contributed by atoms with E-state index in [-0.39, 0.29) is 17.8 Å². The number of nitrogens with one attached hydrogen (secondary N) is 2. The number of nitrogens with zero attached hydrogens (tertiary/aromatic N) is 1. The Morgan fingerprint density at radius 2 is 1.64 bits per heavy atom. The Kier molecular flexibility index (Phi) is 5.17. The maximum Gasteiger partial charge on any atom is 0.229 e. The van der Waals surface area contributed by atoms with E-state index in [0.717, 1.165) is 16.7 Å². The van der Waals surface area contributed by atoms with Gasteiger partial charge in [-0.2, -0.15) is 0 Å². The molecule has 1 atom stereocenters. The summed E-state index contributed by atoms with van der Waals surface area (Å²) in [7, 11) is 0. The van der Waals surface area contributed by atoms with Crippen molar-refractivity contribution >= 4 is 5.91 Å². The van der Waals surface area contributed by atoms with Gasteiger partial charge >= 0.3 is 0 Å². The van der Waals surface area contributed by atoms with Gasteiger partial charge in [-0.3, -0.25) is 9.78 Å². The van der Waals surface area contributed by atoms with Gasteiger partial charge in [0.1, 0.15) is 5.82 Å². The second-order valence-electron chi connectivity index (χ2n) is 7.28. The zero-order chi connectivity index (χ0) is 19.4. The fraction of sp³-hybridized carbons (Fsp3) is 0.217. The fourth-order valence-electron chi connectivity index (χ4n) is 3.63. The van der Waals surface area contributed by atoms with Crippen molar-refractivity contribution in [2.24, 2.45) is 5.41 Å². The van der Waals surface area contributed by atoms with Gasteiger partial charge in [0.25, 0.3) is 0 Å². The number of pyridine rings is 1. The van der Waals surface area contributed by atoms with Crippen molar-refractivity contribution in [2.75, 3.05) is 13.1 Å². The number of amides is 1. The highest BCUT2D eigenvalue weighted by atomic mass is 19.1. The average molecular weight is 375 g/mol. The van der Waals surface area contributed by atoms with E-state index in [4.69, 9.17) is 0 Å². The van der Waals surface area contributed by atoms with Crippen LogP contribution in [0.4, 0.5) is 4.39 Å². The molecule has 3 aromatic rings. The minimum Gasteiger partial charge on any atom is -0.345 e. The van der Waals surface area contributed by atoms with Gasteiger partial charge in [-0.1, -0.05) is 42.5 Å². The third-order valence-electron chi connectivity index (χ3n) is 5.31. The molecule has 0 bridgehead atoms. The molecule has 0 saturated carbocycles. The third-order valence-corrected chi connectivity index (χ3v) is 5.31. The van der Waals surface area contributed by atoms with Crippen LogP contribution >= 0.6 is 0 Å². The number of carbonyl (C=O) groups is 1. The predicted octanol–water partition coefficient (Wildman–Crippen LogP) is 3.26. The Morgan fingerprint density at radius 3 is 2.25 bits per heavy atom. The summed E-state index contributed by atoms with van der Waals surface area (Å²) in [6.07, 6.45) is 4.07. The predicted molar refractivity (Wildman–Crippen MR) is 106 cm³/mol. The van der Waals surface area contributed by atoms with Gasteiger partial charge in [0, 0.05) is 25.5 Å². The maximum atomic E-state index is 13.4. The number of rotatable bonds is 6. The molecule has 1 saturated heterocycles. The van der Waals surface area contributed by atoms with Gasteiger partial charge in [0.15, 0.2) is 0 Å². The lowest BCUT2D eigenvalue weighted by Crippen LogP contribution is -2.62. The number of benzene rings is 2. The van der Waals surface area contributed by atoms with Crippen molar-refractivity contribution in [3.8, 4) is 0 Å². The van der Waals surface area contributed by atoms with Crippen LogP contribution in [0.15, 0.2) is 79.1 Å². The molecule has 1 aromatic heterocycles. The van der Waals surface area contributed by atoms with Crippen molar-refractivity contribution in [2.45, 2.75) is 12.5 Å². The zero-order valence-electron chi connectivity index (χ0n) is 15.4. The maximum absolute atomic E-state index is 13.4. The monoisotopic (exact) mass is 375 g/mol. The molecule has 4 nitrogen and oxygen atoms in total. The highest BCUT2D eigenvalue weighted by Gasteiger charge is 2.44. The summed E-state index contributed by atoms with van der Waals surface area (Å²) in [5.41, 5.74) is 2.41. The Hall–Kier alpha value is -3.05. The smallest absolute Gasteiger partial charge is 0.229 e. The molecule has 1 amide bonds. The standard InChI is InChI=1S/C23H22FN3O/c24-20-8-6-18(7-9-20)21(19-10-12-25-13-11-19)27-22(28)23(15-26-16-23)14-17-4-2-1-3-5-17/h1-13,21,26H,14-16H2,(H,27,28). The second kappa shape index (κ2) is 7.90. The van der Waals surface area contributed by atoms with E-state index in [0.29, 0.717) is 19.5 Å². The minimum atomic E-state index is -0.479. The van der Waals surface area contributed by atoms with Crippen LogP contribution in [0, 0.1) is 11.2 Å². The quantitative estimate of drug-likeness (QED) is 0.695. The SMILES string of the molecule is O=C(NC(c1ccncc1)c1ccc(F)cc1)C1(Cc2ccccc2)CNC1. The van der Waals surface area contributed by atoms with E-state index in [1.807, 2.05) is 42.5 Å². The second-order valence-corrected chi connectivity index (χ2v) is 7.28. The first kappa shape index (κ1) is 18.3. The van der Waals surface area contributed by atoms with E-state index in [2.05, 4.69) is 15.6 Å². The van der Waals surface area contributed by atoms with Crippen LogP contribution in [0.5, 0.6) is 0 Å². The molecule has 0 radical (unpaired) electrons. The molecule has 1 fully saturated rings. The Labute approximate surface area is 163 Å². The zero-order valence-corrected chi connectivity index (χ0v) is 15.4. The topological polar surface area (TPSA) is 54.0 Å². The van der Waals surface area contributed by atoms with Crippen LogP contribution in [0.3, 0.4) is 0 Å². The molecule has 5 heteroatoms. The van der Waals surface area contributed by atoms with Crippen LogP contribution in [0.2, 0.25) is 0 Å². The number of hydrogen-bond donors (Lipinski definition) is 2. The number of halogens is 1. The minimum absolute atomic E-state index is 0.00115. The van der Waals surface area contributed by atoms with Crippen LogP contribution in [-0.2, 0) is 11.2 Å². The Bertz CT molecular complexity index is 925. The van der Waals surface area contributed by atoms with Gasteiger partial charge in [0.2, 0.25) is 5.91 Å². The number of aromatic nitrogens is 1. The molecule has 0 spiro atoms. The van der Waals surface area contributed by atoms with Gasteiger partial charge in [0.05, 0.1) is 11.5 Å².